The molecule has 2 aliphatic rings. The molecule has 3 heterocycles. The second-order valence-corrected chi connectivity index (χ2v) is 10.3. The Labute approximate surface area is 182 Å². The Balaban J connectivity index is 1.17. The minimum atomic E-state index is -3.64. The minimum absolute atomic E-state index is 0.0299. The normalized spacial score (nSPS) is 23.5. The number of aromatic nitrogens is 3. The molecule has 1 aliphatic carbocycles. The zero-order valence-corrected chi connectivity index (χ0v) is 17.9. The number of rotatable bonds is 6. The standard InChI is InChI=1S/C23H25N5O2S/c29-31(30,21-7-2-1-3-8-21)23-10-9-22(26-27-23)25-20-12-17-14-28(15-18(17)13-20)16-19-6-4-5-11-24-19/h1-11,17-18,20H,12-16H2,(H,25,26)/t17-,18+,20+. The third-order valence-electron chi connectivity index (χ3n) is 6.26. The zero-order chi connectivity index (χ0) is 21.3. The van der Waals surface area contributed by atoms with Crippen LogP contribution in [-0.2, 0) is 16.4 Å². The first-order chi connectivity index (χ1) is 15.1. The number of nitrogens with zero attached hydrogens (tertiary/aromatic N) is 4. The third-order valence-corrected chi connectivity index (χ3v) is 7.92. The van der Waals surface area contributed by atoms with Crippen LogP contribution < -0.4 is 5.32 Å². The van der Waals surface area contributed by atoms with Gasteiger partial charge in [0.15, 0.2) is 5.03 Å². The molecule has 8 heteroatoms. The maximum Gasteiger partial charge on any atom is 0.225 e. The van der Waals surface area contributed by atoms with Crippen molar-refractivity contribution in [3.8, 4) is 0 Å². The number of hydrogen-bond acceptors (Lipinski definition) is 7. The molecule has 31 heavy (non-hydrogen) atoms. The number of fused-ring (bicyclic) bond motifs is 1. The van der Waals surface area contributed by atoms with Crippen LogP contribution in [0.15, 0.2) is 76.8 Å². The van der Waals surface area contributed by atoms with Gasteiger partial charge in [0.1, 0.15) is 5.82 Å². The van der Waals surface area contributed by atoms with E-state index in [1.54, 1.807) is 36.4 Å². The van der Waals surface area contributed by atoms with Crippen LogP contribution in [0.25, 0.3) is 0 Å². The van der Waals surface area contributed by atoms with Gasteiger partial charge in [-0.1, -0.05) is 24.3 Å². The molecule has 1 aromatic carbocycles. The van der Waals surface area contributed by atoms with Crippen LogP contribution in [0.1, 0.15) is 18.5 Å². The molecular formula is C23H25N5O2S. The molecule has 0 bridgehead atoms. The molecule has 1 N–H and O–H groups in total. The van der Waals surface area contributed by atoms with Crippen LogP contribution in [0.4, 0.5) is 5.82 Å². The number of likely N-dealkylation sites (tertiary alicyclic amines) is 1. The van der Waals surface area contributed by atoms with Gasteiger partial charge in [-0.2, -0.15) is 0 Å². The van der Waals surface area contributed by atoms with Gasteiger partial charge in [-0.25, -0.2) is 8.42 Å². The van der Waals surface area contributed by atoms with Crippen molar-refractivity contribution in [2.75, 3.05) is 18.4 Å². The van der Waals surface area contributed by atoms with E-state index >= 15 is 0 Å². The van der Waals surface area contributed by atoms with Gasteiger partial charge in [-0.3, -0.25) is 9.88 Å². The number of anilines is 1. The van der Waals surface area contributed by atoms with E-state index < -0.39 is 9.84 Å². The van der Waals surface area contributed by atoms with Crippen molar-refractivity contribution in [3.63, 3.8) is 0 Å². The Morgan fingerprint density at radius 3 is 2.29 bits per heavy atom. The van der Waals surface area contributed by atoms with E-state index in [9.17, 15) is 8.42 Å². The molecule has 7 nitrogen and oxygen atoms in total. The Morgan fingerprint density at radius 2 is 1.65 bits per heavy atom. The van der Waals surface area contributed by atoms with Crippen molar-refractivity contribution in [2.24, 2.45) is 11.8 Å². The van der Waals surface area contributed by atoms with Crippen molar-refractivity contribution in [1.29, 1.82) is 0 Å². The van der Waals surface area contributed by atoms with E-state index in [-0.39, 0.29) is 9.92 Å². The smallest absolute Gasteiger partial charge is 0.225 e. The van der Waals surface area contributed by atoms with Crippen LogP contribution in [-0.4, -0.2) is 47.6 Å². The molecule has 3 aromatic rings. The Morgan fingerprint density at radius 1 is 0.903 bits per heavy atom. The summed E-state index contributed by atoms with van der Waals surface area (Å²) in [6, 6.07) is 18.0. The highest BCUT2D eigenvalue weighted by Gasteiger charge is 2.40. The molecule has 5 rings (SSSR count). The molecule has 0 unspecified atom stereocenters. The fourth-order valence-electron chi connectivity index (χ4n) is 4.83. The predicted octanol–water partition coefficient (Wildman–Crippen LogP) is 3.03. The first-order valence-electron chi connectivity index (χ1n) is 10.6. The van der Waals surface area contributed by atoms with Crippen molar-refractivity contribution in [2.45, 2.75) is 35.3 Å². The predicted molar refractivity (Wildman–Crippen MR) is 117 cm³/mol. The lowest BCUT2D eigenvalue weighted by molar-refractivity contribution is 0.297. The Kier molecular flexibility index (Phi) is 5.41. The topological polar surface area (TPSA) is 88.1 Å². The highest BCUT2D eigenvalue weighted by molar-refractivity contribution is 7.91. The van der Waals surface area contributed by atoms with Gasteiger partial charge < -0.3 is 5.32 Å². The molecule has 2 fully saturated rings. The van der Waals surface area contributed by atoms with E-state index in [2.05, 4.69) is 31.5 Å². The number of sulfone groups is 1. The Hall–Kier alpha value is -2.84. The number of benzene rings is 1. The average molecular weight is 436 g/mol. The number of hydrogen-bond donors (Lipinski definition) is 1. The first kappa shape index (κ1) is 20.1. The van der Waals surface area contributed by atoms with Crippen molar-refractivity contribution < 1.29 is 8.42 Å². The summed E-state index contributed by atoms with van der Waals surface area (Å²) >= 11 is 0. The Bertz CT molecular complexity index is 1110. The van der Waals surface area contributed by atoms with Crippen LogP contribution in [0.5, 0.6) is 0 Å². The molecule has 0 amide bonds. The summed E-state index contributed by atoms with van der Waals surface area (Å²) in [5.74, 6) is 1.97. The molecule has 160 valence electrons. The summed E-state index contributed by atoms with van der Waals surface area (Å²) in [5, 5.41) is 11.5. The first-order valence-corrected chi connectivity index (χ1v) is 12.1. The lowest BCUT2D eigenvalue weighted by Crippen LogP contribution is -2.25. The quantitative estimate of drug-likeness (QED) is 0.637. The van der Waals surface area contributed by atoms with E-state index in [4.69, 9.17) is 0 Å². The second-order valence-electron chi connectivity index (χ2n) is 8.42. The van der Waals surface area contributed by atoms with Gasteiger partial charge in [0.2, 0.25) is 9.84 Å². The van der Waals surface area contributed by atoms with E-state index in [1.807, 2.05) is 18.3 Å². The zero-order valence-electron chi connectivity index (χ0n) is 17.1. The van der Waals surface area contributed by atoms with Gasteiger partial charge in [0, 0.05) is 31.9 Å². The molecule has 3 atom stereocenters. The lowest BCUT2D eigenvalue weighted by Gasteiger charge is -2.19. The summed E-state index contributed by atoms with van der Waals surface area (Å²) in [6.07, 6.45) is 4.04. The SMILES string of the molecule is O=S(=O)(c1ccccc1)c1ccc(N[C@H]2C[C@@H]3CN(Cc4ccccn4)C[C@@H]3C2)nn1. The summed E-state index contributed by atoms with van der Waals surface area (Å²) in [4.78, 5) is 7.16. The average Bonchev–Trinajstić information content (AvgIpc) is 3.33. The number of pyridine rings is 1. The molecule has 1 aliphatic heterocycles. The largest absolute Gasteiger partial charge is 0.366 e. The molecule has 0 spiro atoms. The molecule has 1 saturated heterocycles. The minimum Gasteiger partial charge on any atom is -0.366 e. The van der Waals surface area contributed by atoms with Crippen LogP contribution >= 0.6 is 0 Å². The van der Waals surface area contributed by atoms with Gasteiger partial charge in [0.25, 0.3) is 0 Å². The second kappa shape index (κ2) is 8.36. The van der Waals surface area contributed by atoms with Crippen molar-refractivity contribution in [3.05, 3.63) is 72.6 Å². The molecule has 1 saturated carbocycles. The summed E-state index contributed by atoms with van der Waals surface area (Å²) in [7, 11) is -3.64. The highest BCUT2D eigenvalue weighted by atomic mass is 32.2. The maximum atomic E-state index is 12.7. The van der Waals surface area contributed by atoms with Gasteiger partial charge in [-0.15, -0.1) is 10.2 Å². The van der Waals surface area contributed by atoms with Crippen LogP contribution in [0.3, 0.4) is 0 Å². The third kappa shape index (κ3) is 4.31. The molecule has 0 radical (unpaired) electrons. The van der Waals surface area contributed by atoms with E-state index in [0.717, 1.165) is 38.2 Å². The van der Waals surface area contributed by atoms with Crippen molar-refractivity contribution >= 4 is 15.7 Å². The highest BCUT2D eigenvalue weighted by Crippen LogP contribution is 2.39. The summed E-state index contributed by atoms with van der Waals surface area (Å²) in [5.41, 5.74) is 1.12. The number of nitrogens with one attached hydrogen (secondary N) is 1. The van der Waals surface area contributed by atoms with E-state index in [1.165, 1.54) is 6.07 Å². The maximum absolute atomic E-state index is 12.7. The molecule has 2 aromatic heterocycles. The monoisotopic (exact) mass is 435 g/mol. The molecular weight excluding hydrogens is 410 g/mol. The summed E-state index contributed by atoms with van der Waals surface area (Å²) < 4.78 is 25.3. The van der Waals surface area contributed by atoms with Crippen LogP contribution in [0.2, 0.25) is 0 Å². The van der Waals surface area contributed by atoms with Gasteiger partial charge in [0.05, 0.1) is 10.6 Å². The fraction of sp³-hybridized carbons (Fsp3) is 0.348. The fourth-order valence-corrected chi connectivity index (χ4v) is 5.99. The lowest BCUT2D eigenvalue weighted by atomic mass is 10.0. The van der Waals surface area contributed by atoms with Gasteiger partial charge in [-0.05, 0) is 61.1 Å². The van der Waals surface area contributed by atoms with Crippen molar-refractivity contribution in [1.82, 2.24) is 20.1 Å². The van der Waals surface area contributed by atoms with E-state index in [0.29, 0.717) is 23.7 Å². The van der Waals surface area contributed by atoms with Crippen LogP contribution in [0, 0.1) is 11.8 Å². The van der Waals surface area contributed by atoms with Gasteiger partial charge >= 0.3 is 0 Å². The summed E-state index contributed by atoms with van der Waals surface area (Å²) in [6.45, 7) is 3.10.